The number of hydrogen-bond donors (Lipinski definition) is 1. The minimum atomic E-state index is 0.457. The molecule has 0 aliphatic heterocycles. The predicted molar refractivity (Wildman–Crippen MR) is 79.0 cm³/mol. The molecule has 2 rings (SSSR count). The van der Waals surface area contributed by atoms with E-state index in [0.29, 0.717) is 6.54 Å². The summed E-state index contributed by atoms with van der Waals surface area (Å²) >= 11 is 0. The Balaban J connectivity index is 2.14. The Bertz CT molecular complexity index is 479. The Hall–Kier alpha value is -1.74. The fraction of sp³-hybridized carbons (Fsp3) is 0.375. The zero-order chi connectivity index (χ0) is 13.5. The molecule has 0 atom stereocenters. The molecule has 0 saturated heterocycles. The topological polar surface area (TPSA) is 42.4 Å². The fourth-order valence-corrected chi connectivity index (χ4v) is 2.18. The quantitative estimate of drug-likeness (QED) is 0.826. The molecule has 3 heteroatoms. The Morgan fingerprint density at radius 1 is 1.16 bits per heavy atom. The molecule has 0 spiro atoms. The highest BCUT2D eigenvalue weighted by molar-refractivity contribution is 5.46. The molecular weight excluding hydrogens is 236 g/mol. The Kier molecular flexibility index (Phi) is 5.04. The van der Waals surface area contributed by atoms with Crippen molar-refractivity contribution in [2.45, 2.75) is 32.9 Å². The van der Waals surface area contributed by atoms with Gasteiger partial charge in [0.2, 0.25) is 0 Å². The van der Waals surface area contributed by atoms with Gasteiger partial charge in [0, 0.05) is 24.3 Å². The number of benzene rings is 1. The first-order valence-electron chi connectivity index (χ1n) is 6.90. The van der Waals surface area contributed by atoms with Crippen LogP contribution in [0.5, 0.6) is 0 Å². The van der Waals surface area contributed by atoms with E-state index in [9.17, 15) is 0 Å². The molecular formula is C16H22N2O. The van der Waals surface area contributed by atoms with Gasteiger partial charge in [-0.3, -0.25) is 0 Å². The second kappa shape index (κ2) is 7.00. The summed E-state index contributed by atoms with van der Waals surface area (Å²) in [5, 5.41) is 0. The molecule has 3 nitrogen and oxygen atoms in total. The van der Waals surface area contributed by atoms with Crippen LogP contribution in [-0.2, 0) is 13.1 Å². The van der Waals surface area contributed by atoms with Crippen molar-refractivity contribution in [3.8, 4) is 0 Å². The minimum Gasteiger partial charge on any atom is -0.468 e. The molecule has 0 aliphatic carbocycles. The summed E-state index contributed by atoms with van der Waals surface area (Å²) < 4.78 is 5.40. The Morgan fingerprint density at radius 3 is 2.63 bits per heavy atom. The van der Waals surface area contributed by atoms with E-state index < -0.39 is 0 Å². The van der Waals surface area contributed by atoms with Gasteiger partial charge in [-0.2, -0.15) is 0 Å². The largest absolute Gasteiger partial charge is 0.468 e. The molecule has 1 aromatic heterocycles. The van der Waals surface area contributed by atoms with Gasteiger partial charge in [0.15, 0.2) is 0 Å². The first-order chi connectivity index (χ1) is 9.35. The third-order valence-electron chi connectivity index (χ3n) is 3.29. The lowest BCUT2D eigenvalue weighted by molar-refractivity contribution is 0.506. The number of furan rings is 1. The van der Waals surface area contributed by atoms with Crippen molar-refractivity contribution in [1.29, 1.82) is 0 Å². The lowest BCUT2D eigenvalue weighted by Crippen LogP contribution is -2.24. The van der Waals surface area contributed by atoms with E-state index >= 15 is 0 Å². The highest BCUT2D eigenvalue weighted by atomic mass is 16.3. The summed E-state index contributed by atoms with van der Waals surface area (Å²) in [5.74, 6) is 0.887. The molecule has 0 fully saturated rings. The van der Waals surface area contributed by atoms with E-state index in [1.807, 2.05) is 12.1 Å². The Labute approximate surface area is 115 Å². The van der Waals surface area contributed by atoms with Gasteiger partial charge in [-0.1, -0.05) is 31.5 Å². The predicted octanol–water partition coefficient (Wildman–Crippen LogP) is 3.55. The van der Waals surface area contributed by atoms with Crippen LogP contribution < -0.4 is 10.6 Å². The van der Waals surface area contributed by atoms with Crippen molar-refractivity contribution in [2.24, 2.45) is 5.73 Å². The summed E-state index contributed by atoms with van der Waals surface area (Å²) in [7, 11) is 0. The third kappa shape index (κ3) is 3.61. The van der Waals surface area contributed by atoms with Gasteiger partial charge >= 0.3 is 0 Å². The lowest BCUT2D eigenvalue weighted by Gasteiger charge is -2.24. The summed E-state index contributed by atoms with van der Waals surface area (Å²) in [4.78, 5) is 2.38. The molecule has 2 N–H and O–H groups in total. The molecule has 0 radical (unpaired) electrons. The molecule has 0 aliphatic rings. The summed E-state index contributed by atoms with van der Waals surface area (Å²) in [6.45, 7) is 4.58. The van der Waals surface area contributed by atoms with Crippen molar-refractivity contribution in [3.63, 3.8) is 0 Å². The second-order valence-corrected chi connectivity index (χ2v) is 4.68. The van der Waals surface area contributed by atoms with E-state index in [4.69, 9.17) is 10.2 Å². The standard InChI is InChI=1S/C16H22N2O/c1-2-3-10-18(15-7-5-4-6-8-15)13-14-9-11-19-16(14)12-17/h4-9,11H,2-3,10,12-13,17H2,1H3. The number of rotatable bonds is 7. The zero-order valence-corrected chi connectivity index (χ0v) is 11.5. The molecule has 0 unspecified atom stereocenters. The van der Waals surface area contributed by atoms with Crippen LogP contribution in [0.15, 0.2) is 47.1 Å². The number of anilines is 1. The van der Waals surface area contributed by atoms with Crippen molar-refractivity contribution < 1.29 is 4.42 Å². The number of nitrogens with two attached hydrogens (primary N) is 1. The summed E-state index contributed by atoms with van der Waals surface area (Å²) in [6.07, 6.45) is 4.10. The lowest BCUT2D eigenvalue weighted by atomic mass is 10.2. The van der Waals surface area contributed by atoms with Crippen LogP contribution in [0.3, 0.4) is 0 Å². The molecule has 1 heterocycles. The highest BCUT2D eigenvalue weighted by Gasteiger charge is 2.11. The molecule has 0 amide bonds. The van der Waals surface area contributed by atoms with E-state index in [1.165, 1.54) is 24.1 Å². The van der Waals surface area contributed by atoms with E-state index in [2.05, 4.69) is 36.1 Å². The van der Waals surface area contributed by atoms with Gasteiger partial charge in [-0.25, -0.2) is 0 Å². The number of unbranched alkanes of at least 4 members (excludes halogenated alkanes) is 1. The van der Waals surface area contributed by atoms with Gasteiger partial charge in [-0.15, -0.1) is 0 Å². The summed E-state index contributed by atoms with van der Waals surface area (Å²) in [6, 6.07) is 12.5. The molecule has 1 aromatic carbocycles. The number of para-hydroxylation sites is 1. The first kappa shape index (κ1) is 13.7. The summed E-state index contributed by atoms with van der Waals surface area (Å²) in [5.41, 5.74) is 8.13. The van der Waals surface area contributed by atoms with E-state index in [0.717, 1.165) is 18.8 Å². The van der Waals surface area contributed by atoms with Crippen LogP contribution in [0.2, 0.25) is 0 Å². The minimum absolute atomic E-state index is 0.457. The van der Waals surface area contributed by atoms with Crippen LogP contribution in [0, 0.1) is 0 Å². The SMILES string of the molecule is CCCCN(Cc1ccoc1CN)c1ccccc1. The van der Waals surface area contributed by atoms with Crippen molar-refractivity contribution in [3.05, 3.63) is 54.0 Å². The highest BCUT2D eigenvalue weighted by Crippen LogP contribution is 2.20. The van der Waals surface area contributed by atoms with Gasteiger partial charge in [-0.05, 0) is 24.6 Å². The van der Waals surface area contributed by atoms with Crippen molar-refractivity contribution in [2.75, 3.05) is 11.4 Å². The van der Waals surface area contributed by atoms with Crippen LogP contribution in [0.25, 0.3) is 0 Å². The van der Waals surface area contributed by atoms with Gasteiger partial charge < -0.3 is 15.1 Å². The Morgan fingerprint density at radius 2 is 1.95 bits per heavy atom. The van der Waals surface area contributed by atoms with E-state index in [-0.39, 0.29) is 0 Å². The van der Waals surface area contributed by atoms with Crippen LogP contribution in [0.1, 0.15) is 31.1 Å². The number of nitrogens with zero attached hydrogens (tertiary/aromatic N) is 1. The monoisotopic (exact) mass is 258 g/mol. The van der Waals surface area contributed by atoms with Crippen molar-refractivity contribution >= 4 is 5.69 Å². The molecule has 102 valence electrons. The van der Waals surface area contributed by atoms with Crippen LogP contribution in [0.4, 0.5) is 5.69 Å². The average molecular weight is 258 g/mol. The maximum absolute atomic E-state index is 5.70. The fourth-order valence-electron chi connectivity index (χ4n) is 2.18. The third-order valence-corrected chi connectivity index (χ3v) is 3.29. The zero-order valence-electron chi connectivity index (χ0n) is 11.5. The van der Waals surface area contributed by atoms with Crippen molar-refractivity contribution in [1.82, 2.24) is 0 Å². The van der Waals surface area contributed by atoms with E-state index in [1.54, 1.807) is 6.26 Å². The van der Waals surface area contributed by atoms with Gasteiger partial charge in [0.25, 0.3) is 0 Å². The normalized spacial score (nSPS) is 10.6. The maximum Gasteiger partial charge on any atom is 0.122 e. The van der Waals surface area contributed by atoms with Gasteiger partial charge in [0.1, 0.15) is 5.76 Å². The van der Waals surface area contributed by atoms with Crippen LogP contribution in [-0.4, -0.2) is 6.54 Å². The second-order valence-electron chi connectivity index (χ2n) is 4.68. The molecule has 0 saturated carbocycles. The first-order valence-corrected chi connectivity index (χ1v) is 6.90. The molecule has 2 aromatic rings. The molecule has 19 heavy (non-hydrogen) atoms. The van der Waals surface area contributed by atoms with Crippen LogP contribution >= 0.6 is 0 Å². The smallest absolute Gasteiger partial charge is 0.122 e. The average Bonchev–Trinajstić information content (AvgIpc) is 2.91. The van der Waals surface area contributed by atoms with Gasteiger partial charge in [0.05, 0.1) is 12.8 Å². The maximum atomic E-state index is 5.70. The molecule has 0 bridgehead atoms. The number of hydrogen-bond acceptors (Lipinski definition) is 3.